The van der Waals surface area contributed by atoms with Crippen molar-refractivity contribution in [3.05, 3.63) is 26.9 Å². The third-order valence-electron chi connectivity index (χ3n) is 2.47. The van der Waals surface area contributed by atoms with Crippen LogP contribution in [0.5, 0.6) is 0 Å². The van der Waals surface area contributed by atoms with Gasteiger partial charge in [-0.05, 0) is 32.4 Å². The van der Waals surface area contributed by atoms with E-state index < -0.39 is 0 Å². The molecule has 96 valence electrons. The van der Waals surface area contributed by atoms with Gasteiger partial charge in [0, 0.05) is 9.75 Å². The molecule has 0 aromatic carbocycles. The molecular weight excluding hydrogens is 268 g/mol. The maximum Gasteiger partial charge on any atom is 0.321 e. The molecule has 18 heavy (non-hydrogen) atoms. The van der Waals surface area contributed by atoms with Crippen LogP contribution in [-0.2, 0) is 0 Å². The number of nitrogens with zero attached hydrogens (tertiary/aromatic N) is 2. The first-order valence-corrected chi connectivity index (χ1v) is 7.16. The molecule has 0 bridgehead atoms. The fraction of sp³-hybridized carbons (Fsp3) is 0.364. The van der Waals surface area contributed by atoms with Gasteiger partial charge in [-0.15, -0.1) is 21.5 Å². The van der Waals surface area contributed by atoms with E-state index in [1.807, 2.05) is 6.92 Å². The van der Waals surface area contributed by atoms with Crippen LogP contribution >= 0.6 is 22.7 Å². The van der Waals surface area contributed by atoms with Crippen molar-refractivity contribution in [1.29, 1.82) is 0 Å². The summed E-state index contributed by atoms with van der Waals surface area (Å²) in [4.78, 5) is 14.2. The molecule has 0 unspecified atom stereocenters. The quantitative estimate of drug-likeness (QED) is 0.909. The van der Waals surface area contributed by atoms with Gasteiger partial charge in [0.25, 0.3) is 0 Å². The minimum Gasteiger partial charge on any atom is -0.331 e. The van der Waals surface area contributed by atoms with E-state index in [9.17, 15) is 4.79 Å². The van der Waals surface area contributed by atoms with Gasteiger partial charge in [0.2, 0.25) is 5.13 Å². The van der Waals surface area contributed by atoms with E-state index in [0.717, 1.165) is 5.56 Å². The van der Waals surface area contributed by atoms with Gasteiger partial charge in [-0.3, -0.25) is 5.32 Å². The summed E-state index contributed by atoms with van der Waals surface area (Å²) >= 11 is 3.03. The number of nitrogens with one attached hydrogen (secondary N) is 2. The molecule has 0 aliphatic heterocycles. The highest BCUT2D eigenvalue weighted by Gasteiger charge is 2.14. The molecule has 2 heterocycles. The lowest BCUT2D eigenvalue weighted by atomic mass is 10.1. The van der Waals surface area contributed by atoms with Gasteiger partial charge in [-0.1, -0.05) is 11.3 Å². The Hall–Kier alpha value is -1.47. The second kappa shape index (κ2) is 5.45. The smallest absolute Gasteiger partial charge is 0.321 e. The van der Waals surface area contributed by atoms with Crippen molar-refractivity contribution in [2.75, 3.05) is 5.32 Å². The highest BCUT2D eigenvalue weighted by atomic mass is 32.1. The molecule has 2 N–H and O–H groups in total. The first kappa shape index (κ1) is 13.0. The summed E-state index contributed by atoms with van der Waals surface area (Å²) in [6, 6.07) is 1.82. The zero-order chi connectivity index (χ0) is 13.1. The van der Waals surface area contributed by atoms with Gasteiger partial charge in [0.05, 0.1) is 6.04 Å². The van der Waals surface area contributed by atoms with Crippen molar-refractivity contribution >= 4 is 33.8 Å². The SMILES string of the molecule is Cc1cc([C@@H](C)NC(=O)Nc2nncs2)c(C)s1. The molecule has 0 radical (unpaired) electrons. The van der Waals surface area contributed by atoms with Crippen LogP contribution in [0.4, 0.5) is 9.93 Å². The molecule has 0 fully saturated rings. The lowest BCUT2D eigenvalue weighted by Gasteiger charge is -2.13. The Kier molecular flexibility index (Phi) is 3.93. The second-order valence-corrected chi connectivity index (χ2v) is 6.23. The third kappa shape index (κ3) is 3.05. The number of aromatic nitrogens is 2. The predicted octanol–water partition coefficient (Wildman–Crippen LogP) is 3.10. The zero-order valence-corrected chi connectivity index (χ0v) is 12.0. The van der Waals surface area contributed by atoms with E-state index >= 15 is 0 Å². The molecule has 0 saturated carbocycles. The first-order chi connectivity index (χ1) is 8.56. The standard InChI is InChI=1S/C11H14N4OS2/c1-6-4-9(8(3)18-6)7(2)13-10(16)14-11-15-12-5-17-11/h4-5,7H,1-3H3,(H2,13,14,15,16)/t7-/m1/s1. The Morgan fingerprint density at radius 1 is 1.44 bits per heavy atom. The molecule has 2 aromatic heterocycles. The zero-order valence-electron chi connectivity index (χ0n) is 10.4. The second-order valence-electron chi connectivity index (χ2n) is 3.93. The fourth-order valence-electron chi connectivity index (χ4n) is 1.72. The Bertz CT molecular complexity index is 535. The van der Waals surface area contributed by atoms with E-state index in [1.54, 1.807) is 16.8 Å². The normalized spacial score (nSPS) is 12.2. The predicted molar refractivity (Wildman–Crippen MR) is 74.3 cm³/mol. The Labute approximate surface area is 113 Å². The molecule has 5 nitrogen and oxygen atoms in total. The van der Waals surface area contributed by atoms with Gasteiger partial charge >= 0.3 is 6.03 Å². The summed E-state index contributed by atoms with van der Waals surface area (Å²) < 4.78 is 0. The molecule has 1 atom stereocenters. The number of hydrogen-bond acceptors (Lipinski definition) is 5. The van der Waals surface area contributed by atoms with Crippen LogP contribution in [-0.4, -0.2) is 16.2 Å². The van der Waals surface area contributed by atoms with Crippen molar-refractivity contribution in [1.82, 2.24) is 15.5 Å². The van der Waals surface area contributed by atoms with Gasteiger partial charge in [-0.2, -0.15) is 0 Å². The van der Waals surface area contributed by atoms with E-state index in [0.29, 0.717) is 5.13 Å². The number of carbonyl (C=O) groups is 1. The molecule has 0 aliphatic rings. The van der Waals surface area contributed by atoms with Crippen molar-refractivity contribution in [2.24, 2.45) is 0 Å². The molecule has 0 saturated heterocycles. The number of anilines is 1. The summed E-state index contributed by atoms with van der Waals surface area (Å²) in [7, 11) is 0. The molecular formula is C11H14N4OS2. The molecule has 2 amide bonds. The Morgan fingerprint density at radius 2 is 2.22 bits per heavy atom. The summed E-state index contributed by atoms with van der Waals surface area (Å²) in [5.41, 5.74) is 2.73. The molecule has 2 aromatic rings. The number of amides is 2. The van der Waals surface area contributed by atoms with Crippen LogP contribution < -0.4 is 10.6 Å². The van der Waals surface area contributed by atoms with Crippen molar-refractivity contribution in [2.45, 2.75) is 26.8 Å². The van der Waals surface area contributed by atoms with Crippen molar-refractivity contribution in [3.63, 3.8) is 0 Å². The van der Waals surface area contributed by atoms with Crippen LogP contribution in [0.25, 0.3) is 0 Å². The average molecular weight is 282 g/mol. The number of thiophene rings is 1. The van der Waals surface area contributed by atoms with E-state index in [1.165, 1.54) is 21.1 Å². The summed E-state index contributed by atoms with van der Waals surface area (Å²) in [6.07, 6.45) is 0. The highest BCUT2D eigenvalue weighted by Crippen LogP contribution is 2.26. The van der Waals surface area contributed by atoms with E-state index in [4.69, 9.17) is 0 Å². The fourth-order valence-corrected chi connectivity index (χ4v) is 3.18. The monoisotopic (exact) mass is 282 g/mol. The van der Waals surface area contributed by atoms with E-state index in [-0.39, 0.29) is 12.1 Å². The van der Waals surface area contributed by atoms with Crippen LogP contribution in [0, 0.1) is 13.8 Å². The number of hydrogen-bond donors (Lipinski definition) is 2. The van der Waals surface area contributed by atoms with Gasteiger partial charge in [0.1, 0.15) is 5.51 Å². The minimum atomic E-state index is -0.262. The Morgan fingerprint density at radius 3 is 2.78 bits per heavy atom. The summed E-state index contributed by atoms with van der Waals surface area (Å²) in [5, 5.41) is 13.4. The Balaban J connectivity index is 1.97. The third-order valence-corrected chi connectivity index (χ3v) is 4.06. The van der Waals surface area contributed by atoms with Crippen LogP contribution in [0.2, 0.25) is 0 Å². The van der Waals surface area contributed by atoms with Gasteiger partial charge in [-0.25, -0.2) is 4.79 Å². The number of rotatable bonds is 3. The first-order valence-electron chi connectivity index (χ1n) is 5.47. The highest BCUT2D eigenvalue weighted by molar-refractivity contribution is 7.13. The number of aryl methyl sites for hydroxylation is 2. The van der Waals surface area contributed by atoms with Crippen LogP contribution in [0.3, 0.4) is 0 Å². The lowest BCUT2D eigenvalue weighted by Crippen LogP contribution is -2.31. The minimum absolute atomic E-state index is 0.0251. The summed E-state index contributed by atoms with van der Waals surface area (Å²) in [5.74, 6) is 0. The average Bonchev–Trinajstić information content (AvgIpc) is 2.88. The van der Waals surface area contributed by atoms with Gasteiger partial charge in [0.15, 0.2) is 0 Å². The maximum absolute atomic E-state index is 11.7. The van der Waals surface area contributed by atoms with Crippen LogP contribution in [0.15, 0.2) is 11.6 Å². The summed E-state index contributed by atoms with van der Waals surface area (Å²) in [6.45, 7) is 6.09. The molecule has 2 rings (SSSR count). The number of urea groups is 1. The molecule has 0 aliphatic carbocycles. The van der Waals surface area contributed by atoms with Gasteiger partial charge < -0.3 is 5.32 Å². The lowest BCUT2D eigenvalue weighted by molar-refractivity contribution is 0.249. The molecule has 0 spiro atoms. The van der Waals surface area contributed by atoms with Crippen LogP contribution in [0.1, 0.15) is 28.3 Å². The van der Waals surface area contributed by atoms with Crippen molar-refractivity contribution in [3.8, 4) is 0 Å². The van der Waals surface area contributed by atoms with E-state index in [2.05, 4.69) is 40.7 Å². The largest absolute Gasteiger partial charge is 0.331 e. The van der Waals surface area contributed by atoms with Crippen molar-refractivity contribution < 1.29 is 4.79 Å². The molecule has 7 heteroatoms. The number of carbonyl (C=O) groups excluding carboxylic acids is 1. The topological polar surface area (TPSA) is 66.9 Å². The maximum atomic E-state index is 11.7.